The number of nitrogens with zero attached hydrogens (tertiary/aromatic N) is 1. The highest BCUT2D eigenvalue weighted by molar-refractivity contribution is 5.81. The minimum Gasteiger partial charge on any atom is -0.456 e. The average Bonchev–Trinajstić information content (AvgIpc) is 2.71. The van der Waals surface area contributed by atoms with E-state index in [2.05, 4.69) is 15.3 Å². The molecule has 7 heteroatoms. The number of ether oxygens (including phenoxy) is 1. The normalized spacial score (nSPS) is 11.8. The molecule has 0 aliphatic carbocycles. The van der Waals surface area contributed by atoms with Crippen molar-refractivity contribution in [2.24, 2.45) is 0 Å². The molecule has 0 bridgehead atoms. The fraction of sp³-hybridized carbons (Fsp3) is 0.238. The highest BCUT2D eigenvalue weighted by Gasteiger charge is 2.12. The van der Waals surface area contributed by atoms with Crippen molar-refractivity contribution in [2.45, 2.75) is 25.8 Å². The lowest BCUT2D eigenvalue weighted by molar-refractivity contribution is -0.148. The first-order valence-corrected chi connectivity index (χ1v) is 9.01. The molecule has 0 unspecified atom stereocenters. The number of rotatable bonds is 7. The van der Waals surface area contributed by atoms with Crippen LogP contribution in [0.3, 0.4) is 0 Å². The summed E-state index contributed by atoms with van der Waals surface area (Å²) in [5.74, 6) is -0.497. The molecule has 1 heterocycles. The zero-order chi connectivity index (χ0) is 19.9. The molecule has 0 saturated carbocycles. The fourth-order valence-electron chi connectivity index (χ4n) is 2.80. The van der Waals surface area contributed by atoms with Crippen LogP contribution in [0.25, 0.3) is 10.9 Å². The molecule has 1 atom stereocenters. The fourth-order valence-corrected chi connectivity index (χ4v) is 2.80. The van der Waals surface area contributed by atoms with Crippen LogP contribution >= 0.6 is 0 Å². The van der Waals surface area contributed by atoms with E-state index < -0.39 is 5.97 Å². The Morgan fingerprint density at radius 2 is 1.82 bits per heavy atom. The Balaban J connectivity index is 1.47. The van der Waals surface area contributed by atoms with E-state index in [9.17, 15) is 14.4 Å². The lowest BCUT2D eigenvalue weighted by Crippen LogP contribution is -2.31. The lowest BCUT2D eigenvalue weighted by Gasteiger charge is -2.14. The van der Waals surface area contributed by atoms with Gasteiger partial charge >= 0.3 is 5.97 Å². The monoisotopic (exact) mass is 379 g/mol. The van der Waals surface area contributed by atoms with E-state index in [0.29, 0.717) is 16.7 Å². The van der Waals surface area contributed by atoms with Gasteiger partial charge in [0.25, 0.3) is 11.5 Å². The smallest absolute Gasteiger partial charge is 0.306 e. The van der Waals surface area contributed by atoms with Crippen LogP contribution in [0, 0.1) is 0 Å². The zero-order valence-corrected chi connectivity index (χ0v) is 15.5. The molecule has 3 aromatic rings. The number of amides is 1. The number of aryl methyl sites for hydroxylation is 1. The van der Waals surface area contributed by atoms with Gasteiger partial charge in [-0.2, -0.15) is 0 Å². The van der Waals surface area contributed by atoms with Crippen LogP contribution in [0.4, 0.5) is 0 Å². The Morgan fingerprint density at radius 3 is 2.61 bits per heavy atom. The van der Waals surface area contributed by atoms with E-state index in [-0.39, 0.29) is 37.0 Å². The predicted molar refractivity (Wildman–Crippen MR) is 105 cm³/mol. The van der Waals surface area contributed by atoms with Crippen LogP contribution in [-0.4, -0.2) is 28.5 Å². The van der Waals surface area contributed by atoms with Crippen LogP contribution < -0.4 is 10.9 Å². The Morgan fingerprint density at radius 1 is 1.11 bits per heavy atom. The van der Waals surface area contributed by atoms with E-state index in [4.69, 9.17) is 4.74 Å². The summed E-state index contributed by atoms with van der Waals surface area (Å²) in [5.41, 5.74) is 1.29. The minimum atomic E-state index is -0.529. The number of benzene rings is 2. The molecular formula is C21H21N3O4. The molecule has 7 nitrogen and oxygen atoms in total. The minimum absolute atomic E-state index is 0.0167. The third-order valence-electron chi connectivity index (χ3n) is 4.27. The van der Waals surface area contributed by atoms with Crippen LogP contribution in [0.15, 0.2) is 59.4 Å². The quantitative estimate of drug-likeness (QED) is 0.613. The maximum atomic E-state index is 12.0. The van der Waals surface area contributed by atoms with Crippen LogP contribution in [0.2, 0.25) is 0 Å². The maximum absolute atomic E-state index is 12.0. The van der Waals surface area contributed by atoms with Crippen molar-refractivity contribution < 1.29 is 14.3 Å². The van der Waals surface area contributed by atoms with Crippen LogP contribution in [0.1, 0.15) is 30.8 Å². The molecule has 1 aromatic heterocycles. The molecule has 2 N–H and O–H groups in total. The maximum Gasteiger partial charge on any atom is 0.306 e. The summed E-state index contributed by atoms with van der Waals surface area (Å²) in [4.78, 5) is 42.9. The molecule has 0 spiro atoms. The average molecular weight is 379 g/mol. The first-order valence-electron chi connectivity index (χ1n) is 9.01. The first kappa shape index (κ1) is 19.3. The van der Waals surface area contributed by atoms with Gasteiger partial charge in [-0.1, -0.05) is 42.5 Å². The second-order valence-electron chi connectivity index (χ2n) is 6.39. The second-order valence-corrected chi connectivity index (χ2v) is 6.39. The second kappa shape index (κ2) is 8.94. The Bertz CT molecular complexity index is 1030. The molecule has 0 radical (unpaired) electrons. The molecule has 144 valence electrons. The van der Waals surface area contributed by atoms with Gasteiger partial charge in [0, 0.05) is 6.42 Å². The van der Waals surface area contributed by atoms with Gasteiger partial charge in [-0.15, -0.1) is 0 Å². The highest BCUT2D eigenvalue weighted by atomic mass is 16.5. The number of H-pyrrole nitrogens is 1. The van der Waals surface area contributed by atoms with Crippen LogP contribution in [0.5, 0.6) is 0 Å². The summed E-state index contributed by atoms with van der Waals surface area (Å²) in [6.07, 6.45) is 0.240. The number of nitrogens with one attached hydrogen (secondary N) is 2. The number of hydrogen-bond acceptors (Lipinski definition) is 5. The predicted octanol–water partition coefficient (Wildman–Crippen LogP) is 2.28. The number of carbonyl (C=O) groups is 2. The highest BCUT2D eigenvalue weighted by Crippen LogP contribution is 2.11. The molecule has 0 aliphatic heterocycles. The third-order valence-corrected chi connectivity index (χ3v) is 4.27. The molecule has 3 rings (SSSR count). The number of para-hydroxylation sites is 1. The van der Waals surface area contributed by atoms with Gasteiger partial charge in [0.05, 0.1) is 23.4 Å². The van der Waals surface area contributed by atoms with Crippen molar-refractivity contribution in [1.29, 1.82) is 0 Å². The summed E-state index contributed by atoms with van der Waals surface area (Å²) < 4.78 is 5.01. The SMILES string of the molecule is C[C@@H](NC(=O)COC(=O)CCc1nc2ccccc2c(=O)[nH]1)c1ccccc1. The summed E-state index contributed by atoms with van der Waals surface area (Å²) in [7, 11) is 0. The van der Waals surface area contributed by atoms with Gasteiger partial charge in [-0.3, -0.25) is 14.4 Å². The Kier molecular flexibility index (Phi) is 6.16. The molecule has 0 aliphatic rings. The number of aromatic amines is 1. The van der Waals surface area contributed by atoms with Crippen molar-refractivity contribution in [1.82, 2.24) is 15.3 Å². The van der Waals surface area contributed by atoms with E-state index >= 15 is 0 Å². The van der Waals surface area contributed by atoms with Crippen molar-refractivity contribution in [3.63, 3.8) is 0 Å². The van der Waals surface area contributed by atoms with E-state index in [1.54, 1.807) is 24.3 Å². The standard InChI is InChI=1S/C21H21N3O4/c1-14(15-7-3-2-4-8-15)22-19(25)13-28-20(26)12-11-18-23-17-10-6-5-9-16(17)21(27)24-18/h2-10,14H,11-13H2,1H3,(H,22,25)(H,23,24,27)/t14-/m1/s1. The number of aromatic nitrogens is 2. The molecule has 1 amide bonds. The zero-order valence-electron chi connectivity index (χ0n) is 15.5. The molecular weight excluding hydrogens is 358 g/mol. The van der Waals surface area contributed by atoms with Gasteiger partial charge in [0.1, 0.15) is 5.82 Å². The Labute approximate surface area is 161 Å². The van der Waals surface area contributed by atoms with Gasteiger partial charge in [0.15, 0.2) is 6.61 Å². The summed E-state index contributed by atoms with van der Waals surface area (Å²) in [6, 6.07) is 16.3. The molecule has 0 saturated heterocycles. The van der Waals surface area contributed by atoms with E-state index in [1.165, 1.54) is 0 Å². The van der Waals surface area contributed by atoms with Gasteiger partial charge in [-0.05, 0) is 24.6 Å². The number of fused-ring (bicyclic) bond motifs is 1. The van der Waals surface area contributed by atoms with Gasteiger partial charge in [0.2, 0.25) is 0 Å². The van der Waals surface area contributed by atoms with Crippen molar-refractivity contribution in [3.05, 3.63) is 76.3 Å². The van der Waals surface area contributed by atoms with Crippen molar-refractivity contribution >= 4 is 22.8 Å². The molecule has 0 fully saturated rings. The summed E-state index contributed by atoms with van der Waals surface area (Å²) >= 11 is 0. The van der Waals surface area contributed by atoms with E-state index in [0.717, 1.165) is 5.56 Å². The number of hydrogen-bond donors (Lipinski definition) is 2. The third kappa shape index (κ3) is 5.03. The van der Waals surface area contributed by atoms with E-state index in [1.807, 2.05) is 37.3 Å². The molecule has 28 heavy (non-hydrogen) atoms. The van der Waals surface area contributed by atoms with Crippen molar-refractivity contribution in [2.75, 3.05) is 6.61 Å². The van der Waals surface area contributed by atoms with Gasteiger partial charge in [-0.25, -0.2) is 4.98 Å². The topological polar surface area (TPSA) is 101 Å². The van der Waals surface area contributed by atoms with Crippen LogP contribution in [-0.2, 0) is 20.7 Å². The van der Waals surface area contributed by atoms with Crippen molar-refractivity contribution in [3.8, 4) is 0 Å². The number of carbonyl (C=O) groups excluding carboxylic acids is 2. The number of esters is 1. The summed E-state index contributed by atoms with van der Waals surface area (Å²) in [5, 5.41) is 3.28. The first-order chi connectivity index (χ1) is 13.5. The Hall–Kier alpha value is -3.48. The largest absolute Gasteiger partial charge is 0.456 e. The summed E-state index contributed by atoms with van der Waals surface area (Å²) in [6.45, 7) is 1.51. The lowest BCUT2D eigenvalue weighted by atomic mass is 10.1. The van der Waals surface area contributed by atoms with Gasteiger partial charge < -0.3 is 15.0 Å². The molecule has 2 aromatic carbocycles.